The monoisotopic (exact) mass is 263 g/mol. The number of carbonyl (C=O) groups is 1. The van der Waals surface area contributed by atoms with Gasteiger partial charge in [-0.05, 0) is 6.92 Å². The summed E-state index contributed by atoms with van der Waals surface area (Å²) in [5.41, 5.74) is 0. The summed E-state index contributed by atoms with van der Waals surface area (Å²) in [5, 5.41) is 0. The van der Waals surface area contributed by atoms with Gasteiger partial charge >= 0.3 is 0 Å². The maximum atomic E-state index is 11.3. The molecule has 0 saturated carbocycles. The molecule has 1 aliphatic heterocycles. The lowest BCUT2D eigenvalue weighted by molar-refractivity contribution is -0.129. The van der Waals surface area contributed by atoms with Gasteiger partial charge in [0.05, 0.1) is 0 Å². The lowest BCUT2D eigenvalue weighted by Gasteiger charge is -2.35. The number of nitrogens with zero attached hydrogens (tertiary/aromatic N) is 5. The SMILES string of the molecule is CC(=O)N1CCN(c2cc(N(C)C)nc(C)n2)CC1. The van der Waals surface area contributed by atoms with E-state index in [1.165, 1.54) is 0 Å². The lowest BCUT2D eigenvalue weighted by Crippen LogP contribution is -2.48. The van der Waals surface area contributed by atoms with Gasteiger partial charge in [0.1, 0.15) is 17.5 Å². The molecule has 19 heavy (non-hydrogen) atoms. The van der Waals surface area contributed by atoms with Gasteiger partial charge in [-0.1, -0.05) is 0 Å². The molecule has 1 fully saturated rings. The molecule has 0 atom stereocenters. The van der Waals surface area contributed by atoms with E-state index in [2.05, 4.69) is 14.9 Å². The first-order chi connectivity index (χ1) is 8.97. The van der Waals surface area contributed by atoms with Crippen molar-refractivity contribution in [2.45, 2.75) is 13.8 Å². The van der Waals surface area contributed by atoms with E-state index < -0.39 is 0 Å². The fourth-order valence-electron chi connectivity index (χ4n) is 2.18. The molecule has 0 N–H and O–H groups in total. The van der Waals surface area contributed by atoms with Crippen molar-refractivity contribution in [1.29, 1.82) is 0 Å². The van der Waals surface area contributed by atoms with Gasteiger partial charge in [0.15, 0.2) is 0 Å². The van der Waals surface area contributed by atoms with Crippen molar-refractivity contribution in [2.75, 3.05) is 50.1 Å². The van der Waals surface area contributed by atoms with E-state index in [0.29, 0.717) is 0 Å². The van der Waals surface area contributed by atoms with Crippen LogP contribution in [0.15, 0.2) is 6.07 Å². The van der Waals surface area contributed by atoms with E-state index in [1.54, 1.807) is 6.92 Å². The fourth-order valence-corrected chi connectivity index (χ4v) is 2.18. The Morgan fingerprint density at radius 2 is 1.84 bits per heavy atom. The maximum Gasteiger partial charge on any atom is 0.219 e. The summed E-state index contributed by atoms with van der Waals surface area (Å²) in [5.74, 6) is 2.78. The molecule has 6 heteroatoms. The molecule has 1 aromatic rings. The van der Waals surface area contributed by atoms with Crippen molar-refractivity contribution in [2.24, 2.45) is 0 Å². The third-order valence-corrected chi connectivity index (χ3v) is 3.32. The summed E-state index contributed by atoms with van der Waals surface area (Å²) in [6, 6.07) is 2.00. The van der Waals surface area contributed by atoms with E-state index in [0.717, 1.165) is 43.6 Å². The van der Waals surface area contributed by atoms with Gasteiger partial charge in [-0.25, -0.2) is 9.97 Å². The molecule has 1 aromatic heterocycles. The second kappa shape index (κ2) is 5.42. The Hall–Kier alpha value is -1.85. The zero-order chi connectivity index (χ0) is 14.0. The van der Waals surface area contributed by atoms with E-state index in [-0.39, 0.29) is 5.91 Å². The van der Waals surface area contributed by atoms with Crippen LogP contribution in [0, 0.1) is 6.92 Å². The molecule has 104 valence electrons. The Kier molecular flexibility index (Phi) is 3.87. The molecule has 1 aliphatic rings. The number of piperazine rings is 1. The van der Waals surface area contributed by atoms with E-state index in [4.69, 9.17) is 0 Å². The normalized spacial score (nSPS) is 15.6. The van der Waals surface area contributed by atoms with Gasteiger partial charge in [-0.2, -0.15) is 0 Å². The number of carbonyl (C=O) groups excluding carboxylic acids is 1. The molecule has 6 nitrogen and oxygen atoms in total. The summed E-state index contributed by atoms with van der Waals surface area (Å²) < 4.78 is 0. The number of hydrogen-bond acceptors (Lipinski definition) is 5. The average Bonchev–Trinajstić information content (AvgIpc) is 2.38. The largest absolute Gasteiger partial charge is 0.363 e. The first-order valence-electron chi connectivity index (χ1n) is 6.51. The lowest BCUT2D eigenvalue weighted by atomic mass is 10.3. The first kappa shape index (κ1) is 13.6. The number of hydrogen-bond donors (Lipinski definition) is 0. The second-order valence-electron chi connectivity index (χ2n) is 5.02. The van der Waals surface area contributed by atoms with Crippen LogP contribution in [0.5, 0.6) is 0 Å². The Morgan fingerprint density at radius 1 is 1.21 bits per heavy atom. The molecule has 1 saturated heterocycles. The van der Waals surface area contributed by atoms with Crippen molar-refractivity contribution in [1.82, 2.24) is 14.9 Å². The molecular formula is C13H21N5O. The summed E-state index contributed by atoms with van der Waals surface area (Å²) in [4.78, 5) is 26.3. The van der Waals surface area contributed by atoms with Crippen LogP contribution < -0.4 is 9.80 Å². The molecule has 1 amide bonds. The summed E-state index contributed by atoms with van der Waals surface area (Å²) in [6.45, 7) is 6.69. The standard InChI is InChI=1S/C13H21N5O/c1-10-14-12(16(3)4)9-13(15-10)18-7-5-17(6-8-18)11(2)19/h9H,5-8H2,1-4H3. The van der Waals surface area contributed by atoms with Crippen LogP contribution in [0.25, 0.3) is 0 Å². The highest BCUT2D eigenvalue weighted by Crippen LogP contribution is 2.19. The van der Waals surface area contributed by atoms with Gasteiger partial charge in [-0.15, -0.1) is 0 Å². The summed E-state index contributed by atoms with van der Waals surface area (Å²) >= 11 is 0. The Bertz CT molecular complexity index is 466. The van der Waals surface area contributed by atoms with Crippen molar-refractivity contribution < 1.29 is 4.79 Å². The van der Waals surface area contributed by atoms with Gasteiger partial charge < -0.3 is 14.7 Å². The molecule has 0 aliphatic carbocycles. The van der Waals surface area contributed by atoms with Crippen LogP contribution in [0.3, 0.4) is 0 Å². The number of aryl methyl sites for hydroxylation is 1. The van der Waals surface area contributed by atoms with Crippen LogP contribution >= 0.6 is 0 Å². The number of amides is 1. The van der Waals surface area contributed by atoms with Gasteiger partial charge in [-0.3, -0.25) is 4.79 Å². The minimum Gasteiger partial charge on any atom is -0.363 e. The fraction of sp³-hybridized carbons (Fsp3) is 0.615. The number of rotatable bonds is 2. The van der Waals surface area contributed by atoms with E-state index >= 15 is 0 Å². The summed E-state index contributed by atoms with van der Waals surface area (Å²) in [7, 11) is 3.94. The zero-order valence-corrected chi connectivity index (χ0v) is 12.1. The molecule has 0 radical (unpaired) electrons. The third kappa shape index (κ3) is 3.13. The molecule has 2 rings (SSSR count). The molecule has 0 unspecified atom stereocenters. The molecule has 0 spiro atoms. The average molecular weight is 263 g/mol. The summed E-state index contributed by atoms with van der Waals surface area (Å²) in [6.07, 6.45) is 0. The minimum atomic E-state index is 0.146. The molecule has 0 bridgehead atoms. The molecular weight excluding hydrogens is 242 g/mol. The van der Waals surface area contributed by atoms with Crippen molar-refractivity contribution in [3.8, 4) is 0 Å². The van der Waals surface area contributed by atoms with Crippen LogP contribution in [0.2, 0.25) is 0 Å². The third-order valence-electron chi connectivity index (χ3n) is 3.32. The predicted octanol–water partition coefficient (Wildman–Crippen LogP) is 0.520. The van der Waals surface area contributed by atoms with Gasteiger partial charge in [0, 0.05) is 53.3 Å². The van der Waals surface area contributed by atoms with Crippen LogP contribution in [-0.2, 0) is 4.79 Å². The van der Waals surface area contributed by atoms with Crippen LogP contribution in [0.4, 0.5) is 11.6 Å². The highest BCUT2D eigenvalue weighted by atomic mass is 16.2. The smallest absolute Gasteiger partial charge is 0.219 e. The number of anilines is 2. The Morgan fingerprint density at radius 3 is 2.37 bits per heavy atom. The van der Waals surface area contributed by atoms with E-state index in [9.17, 15) is 4.79 Å². The quantitative estimate of drug-likeness (QED) is 0.778. The zero-order valence-electron chi connectivity index (χ0n) is 12.1. The highest BCUT2D eigenvalue weighted by molar-refractivity contribution is 5.73. The Labute approximate surface area is 114 Å². The number of aromatic nitrogens is 2. The van der Waals surface area contributed by atoms with Crippen molar-refractivity contribution >= 4 is 17.5 Å². The molecule has 2 heterocycles. The first-order valence-corrected chi connectivity index (χ1v) is 6.51. The minimum absolute atomic E-state index is 0.146. The van der Waals surface area contributed by atoms with Crippen LogP contribution in [-0.4, -0.2) is 61.0 Å². The topological polar surface area (TPSA) is 52.6 Å². The second-order valence-corrected chi connectivity index (χ2v) is 5.02. The van der Waals surface area contributed by atoms with Crippen molar-refractivity contribution in [3.05, 3.63) is 11.9 Å². The highest BCUT2D eigenvalue weighted by Gasteiger charge is 2.20. The van der Waals surface area contributed by atoms with Gasteiger partial charge in [0.25, 0.3) is 0 Å². The van der Waals surface area contributed by atoms with Crippen LogP contribution in [0.1, 0.15) is 12.7 Å². The van der Waals surface area contributed by atoms with Gasteiger partial charge in [0.2, 0.25) is 5.91 Å². The Balaban J connectivity index is 2.13. The predicted molar refractivity (Wildman–Crippen MR) is 75.6 cm³/mol. The van der Waals surface area contributed by atoms with E-state index in [1.807, 2.05) is 36.9 Å². The maximum absolute atomic E-state index is 11.3. The van der Waals surface area contributed by atoms with Crippen molar-refractivity contribution in [3.63, 3.8) is 0 Å². The molecule has 0 aromatic carbocycles.